The van der Waals surface area contributed by atoms with Crippen molar-refractivity contribution < 1.29 is 27.5 Å². The third kappa shape index (κ3) is 4.43. The van der Waals surface area contributed by atoms with Crippen molar-refractivity contribution in [1.82, 2.24) is 9.21 Å². The van der Waals surface area contributed by atoms with Crippen LogP contribution in [0.3, 0.4) is 0 Å². The monoisotopic (exact) mass is 452 g/mol. The van der Waals surface area contributed by atoms with E-state index in [-0.39, 0.29) is 47.6 Å². The second-order valence-corrected chi connectivity index (χ2v) is 8.88. The summed E-state index contributed by atoms with van der Waals surface area (Å²) in [6.45, 7) is 0.751. The summed E-state index contributed by atoms with van der Waals surface area (Å²) >= 11 is 6.13. The Morgan fingerprint density at radius 3 is 2.27 bits per heavy atom. The van der Waals surface area contributed by atoms with Gasteiger partial charge >= 0.3 is 5.97 Å². The molecule has 0 spiro atoms. The highest BCUT2D eigenvalue weighted by atomic mass is 35.5. The highest BCUT2D eigenvalue weighted by molar-refractivity contribution is 7.89. The molecule has 0 atom stereocenters. The zero-order valence-electron chi connectivity index (χ0n) is 16.5. The van der Waals surface area contributed by atoms with Crippen molar-refractivity contribution in [2.24, 2.45) is 0 Å². The molecule has 8 nitrogen and oxygen atoms in total. The van der Waals surface area contributed by atoms with Gasteiger partial charge in [0.05, 0.1) is 24.8 Å². The van der Waals surface area contributed by atoms with Crippen molar-refractivity contribution in [2.75, 3.05) is 40.4 Å². The Balaban J connectivity index is 1.72. The first-order valence-electron chi connectivity index (χ1n) is 9.09. The number of hydrogen-bond acceptors (Lipinski definition) is 6. The number of benzene rings is 2. The van der Waals surface area contributed by atoms with Gasteiger partial charge in [-0.1, -0.05) is 17.7 Å². The van der Waals surface area contributed by atoms with Crippen molar-refractivity contribution in [3.8, 4) is 5.75 Å². The van der Waals surface area contributed by atoms with Crippen LogP contribution in [-0.4, -0.2) is 69.9 Å². The highest BCUT2D eigenvalue weighted by Gasteiger charge is 2.32. The molecule has 1 amide bonds. The molecular formula is C20H21ClN2O6S. The summed E-state index contributed by atoms with van der Waals surface area (Å²) in [5, 5.41) is -0.0622. The van der Waals surface area contributed by atoms with Crippen molar-refractivity contribution in [1.29, 1.82) is 0 Å². The Labute approximate surface area is 180 Å². The van der Waals surface area contributed by atoms with Gasteiger partial charge in [-0.3, -0.25) is 4.79 Å². The maximum absolute atomic E-state index is 13.0. The van der Waals surface area contributed by atoms with E-state index >= 15 is 0 Å². The molecule has 1 fully saturated rings. The van der Waals surface area contributed by atoms with Gasteiger partial charge in [0.1, 0.15) is 10.6 Å². The Morgan fingerprint density at radius 2 is 1.67 bits per heavy atom. The van der Waals surface area contributed by atoms with Crippen LogP contribution in [0.5, 0.6) is 5.75 Å². The van der Waals surface area contributed by atoms with Crippen molar-refractivity contribution in [3.63, 3.8) is 0 Å². The number of hydrogen-bond donors (Lipinski definition) is 0. The van der Waals surface area contributed by atoms with Gasteiger partial charge in [0.2, 0.25) is 10.0 Å². The summed E-state index contributed by atoms with van der Waals surface area (Å²) < 4.78 is 37.0. The summed E-state index contributed by atoms with van der Waals surface area (Å²) in [7, 11) is -1.12. The van der Waals surface area contributed by atoms with E-state index in [1.165, 1.54) is 36.7 Å². The molecule has 30 heavy (non-hydrogen) atoms. The van der Waals surface area contributed by atoms with E-state index in [2.05, 4.69) is 4.74 Å². The molecule has 0 aliphatic carbocycles. The summed E-state index contributed by atoms with van der Waals surface area (Å²) in [5.74, 6) is -0.218. The van der Waals surface area contributed by atoms with E-state index in [9.17, 15) is 18.0 Å². The lowest BCUT2D eigenvalue weighted by Crippen LogP contribution is -2.50. The minimum absolute atomic E-state index is 0.0622. The molecule has 0 saturated carbocycles. The van der Waals surface area contributed by atoms with Gasteiger partial charge in [-0.05, 0) is 36.4 Å². The van der Waals surface area contributed by atoms with E-state index in [0.29, 0.717) is 11.3 Å². The number of amides is 1. The number of halogens is 1. The average Bonchev–Trinajstić information content (AvgIpc) is 2.77. The molecule has 0 N–H and O–H groups in total. The van der Waals surface area contributed by atoms with E-state index < -0.39 is 16.0 Å². The number of carbonyl (C=O) groups excluding carboxylic acids is 2. The van der Waals surface area contributed by atoms with Crippen LogP contribution in [-0.2, 0) is 14.8 Å². The molecule has 160 valence electrons. The van der Waals surface area contributed by atoms with Crippen LogP contribution >= 0.6 is 11.6 Å². The Kier molecular flexibility index (Phi) is 6.64. The van der Waals surface area contributed by atoms with E-state index in [0.717, 1.165) is 0 Å². The lowest BCUT2D eigenvalue weighted by atomic mass is 10.1. The van der Waals surface area contributed by atoms with Gasteiger partial charge in [0.15, 0.2) is 0 Å². The molecule has 2 aromatic carbocycles. The minimum Gasteiger partial charge on any atom is -0.497 e. The zero-order chi connectivity index (χ0) is 21.9. The fourth-order valence-electron chi connectivity index (χ4n) is 3.16. The maximum Gasteiger partial charge on any atom is 0.337 e. The molecule has 0 radical (unpaired) electrons. The molecule has 1 heterocycles. The summed E-state index contributed by atoms with van der Waals surface area (Å²) in [5.41, 5.74) is 0.641. The quantitative estimate of drug-likeness (QED) is 0.646. The van der Waals surface area contributed by atoms with Gasteiger partial charge in [0.25, 0.3) is 5.91 Å². The fourth-order valence-corrected chi connectivity index (χ4v) is 5.10. The van der Waals surface area contributed by atoms with Crippen LogP contribution in [0.15, 0.2) is 47.4 Å². The fraction of sp³-hybridized carbons (Fsp3) is 0.300. The Morgan fingerprint density at radius 1 is 0.967 bits per heavy atom. The van der Waals surface area contributed by atoms with Crippen LogP contribution in [0.1, 0.15) is 20.7 Å². The number of sulfonamides is 1. The SMILES string of the molecule is COC(=O)c1ccc(S(=O)(=O)N2CCN(C(=O)c3cccc(OC)c3)CC2)c(Cl)c1. The van der Waals surface area contributed by atoms with Crippen molar-refractivity contribution >= 4 is 33.5 Å². The topological polar surface area (TPSA) is 93.2 Å². The molecule has 10 heteroatoms. The predicted octanol–water partition coefficient (Wildman–Crippen LogP) is 2.28. The van der Waals surface area contributed by atoms with Crippen LogP contribution in [0.2, 0.25) is 5.02 Å². The van der Waals surface area contributed by atoms with Crippen molar-refractivity contribution in [3.05, 3.63) is 58.6 Å². The first kappa shape index (κ1) is 22.1. The number of carbonyl (C=O) groups is 2. The molecule has 1 aliphatic heterocycles. The average molecular weight is 453 g/mol. The molecular weight excluding hydrogens is 432 g/mol. The highest BCUT2D eigenvalue weighted by Crippen LogP contribution is 2.27. The van der Waals surface area contributed by atoms with E-state index in [1.807, 2.05) is 0 Å². The maximum atomic E-state index is 13.0. The molecule has 0 aromatic heterocycles. The third-order valence-electron chi connectivity index (χ3n) is 4.81. The summed E-state index contributed by atoms with van der Waals surface area (Å²) in [4.78, 5) is 25.8. The van der Waals surface area contributed by atoms with Crippen LogP contribution in [0, 0.1) is 0 Å². The number of ether oxygens (including phenoxy) is 2. The Bertz CT molecular complexity index is 1060. The first-order chi connectivity index (χ1) is 14.3. The van der Waals surface area contributed by atoms with Crippen LogP contribution in [0.25, 0.3) is 0 Å². The van der Waals surface area contributed by atoms with E-state index in [1.54, 1.807) is 29.2 Å². The number of esters is 1. The van der Waals surface area contributed by atoms with E-state index in [4.69, 9.17) is 16.3 Å². The van der Waals surface area contributed by atoms with Crippen LogP contribution < -0.4 is 4.74 Å². The third-order valence-corrected chi connectivity index (χ3v) is 7.19. The van der Waals surface area contributed by atoms with Gasteiger partial charge in [0, 0.05) is 31.7 Å². The predicted molar refractivity (Wildman–Crippen MR) is 110 cm³/mol. The smallest absolute Gasteiger partial charge is 0.337 e. The summed E-state index contributed by atoms with van der Waals surface area (Å²) in [6, 6.07) is 10.7. The summed E-state index contributed by atoms with van der Waals surface area (Å²) in [6.07, 6.45) is 0. The number of piperazine rings is 1. The van der Waals surface area contributed by atoms with Gasteiger partial charge in [-0.15, -0.1) is 0 Å². The van der Waals surface area contributed by atoms with Crippen molar-refractivity contribution in [2.45, 2.75) is 4.90 Å². The number of methoxy groups -OCH3 is 2. The van der Waals surface area contributed by atoms with Gasteiger partial charge in [-0.2, -0.15) is 4.31 Å². The normalized spacial score (nSPS) is 15.0. The molecule has 1 aliphatic rings. The standard InChI is InChI=1S/C20H21ClN2O6S/c1-28-16-5-3-4-14(12-16)19(24)22-8-10-23(11-9-22)30(26,27)18-7-6-15(13-17(18)21)20(25)29-2/h3-7,12-13H,8-11H2,1-2H3. The first-order valence-corrected chi connectivity index (χ1v) is 10.9. The number of rotatable bonds is 5. The molecule has 2 aromatic rings. The second kappa shape index (κ2) is 9.03. The minimum atomic E-state index is -3.88. The molecule has 1 saturated heterocycles. The molecule has 3 rings (SSSR count). The van der Waals surface area contributed by atoms with Crippen LogP contribution in [0.4, 0.5) is 0 Å². The molecule has 0 unspecified atom stereocenters. The van der Waals surface area contributed by atoms with Gasteiger partial charge < -0.3 is 14.4 Å². The lowest BCUT2D eigenvalue weighted by Gasteiger charge is -2.34. The Hall–Kier alpha value is -2.62. The van der Waals surface area contributed by atoms with Gasteiger partial charge in [-0.25, -0.2) is 13.2 Å². The lowest BCUT2D eigenvalue weighted by molar-refractivity contribution is 0.0600. The largest absolute Gasteiger partial charge is 0.497 e. The zero-order valence-corrected chi connectivity index (χ0v) is 18.1. The number of nitrogens with zero attached hydrogens (tertiary/aromatic N) is 2. The second-order valence-electron chi connectivity index (χ2n) is 6.57. The molecule has 0 bridgehead atoms.